The van der Waals surface area contributed by atoms with Crippen LogP contribution >= 0.6 is 0 Å². The molecule has 0 N–H and O–H groups in total. The van der Waals surface area contributed by atoms with Crippen LogP contribution in [0.2, 0.25) is 0 Å². The second kappa shape index (κ2) is 11.7. The van der Waals surface area contributed by atoms with Gasteiger partial charge in [0.15, 0.2) is 11.5 Å². The molecule has 35 heavy (non-hydrogen) atoms. The van der Waals surface area contributed by atoms with Gasteiger partial charge in [0.2, 0.25) is 5.82 Å². The molecular weight excluding hydrogens is 449 g/mol. The molecule has 0 aromatic heterocycles. The molecule has 0 spiro atoms. The highest BCUT2D eigenvalue weighted by Gasteiger charge is 2.48. The lowest BCUT2D eigenvalue weighted by molar-refractivity contribution is -0.203. The van der Waals surface area contributed by atoms with Crippen molar-refractivity contribution in [3.8, 4) is 11.5 Å². The van der Waals surface area contributed by atoms with Crippen LogP contribution in [0, 0.1) is 11.7 Å². The fraction of sp³-hybridized carbons (Fsp3) is 0.600. The molecule has 1 atom stereocenters. The highest BCUT2D eigenvalue weighted by atomic mass is 19.3. The SMILES string of the molecule is CCCCC[C@H]1CC[C@H](c2ccc(C3Cc4ccc(OCCCC)c(F)c4OC3(F)F)cc2)CC1. The average molecular weight is 489 g/mol. The van der Waals surface area contributed by atoms with Crippen molar-refractivity contribution in [2.45, 2.75) is 102 Å². The van der Waals surface area contributed by atoms with E-state index in [2.05, 4.69) is 6.92 Å². The number of halogens is 3. The summed E-state index contributed by atoms with van der Waals surface area (Å²) in [6.45, 7) is 4.59. The van der Waals surface area contributed by atoms with Gasteiger partial charge in [0.05, 0.1) is 12.5 Å². The minimum Gasteiger partial charge on any atom is -0.490 e. The molecule has 0 bridgehead atoms. The topological polar surface area (TPSA) is 18.5 Å². The molecule has 1 aliphatic heterocycles. The van der Waals surface area contributed by atoms with Crippen LogP contribution in [0.1, 0.15) is 107 Å². The zero-order valence-corrected chi connectivity index (χ0v) is 21.1. The van der Waals surface area contributed by atoms with Crippen molar-refractivity contribution in [3.63, 3.8) is 0 Å². The van der Waals surface area contributed by atoms with E-state index >= 15 is 8.78 Å². The average Bonchev–Trinajstić information content (AvgIpc) is 2.86. The van der Waals surface area contributed by atoms with Crippen LogP contribution < -0.4 is 9.47 Å². The van der Waals surface area contributed by atoms with Crippen molar-refractivity contribution < 1.29 is 22.6 Å². The van der Waals surface area contributed by atoms with Gasteiger partial charge in [-0.05, 0) is 73.1 Å². The Labute approximate surface area is 208 Å². The maximum atomic E-state index is 15.0. The van der Waals surface area contributed by atoms with E-state index in [0.29, 0.717) is 23.7 Å². The first-order chi connectivity index (χ1) is 16.9. The van der Waals surface area contributed by atoms with Crippen LogP contribution in [0.5, 0.6) is 11.5 Å². The quantitative estimate of drug-likeness (QED) is 0.310. The fourth-order valence-electron chi connectivity index (χ4n) is 5.61. The lowest BCUT2D eigenvalue weighted by Gasteiger charge is -2.34. The zero-order valence-electron chi connectivity index (χ0n) is 21.1. The van der Waals surface area contributed by atoms with Crippen LogP contribution in [0.15, 0.2) is 36.4 Å². The number of unbranched alkanes of at least 4 members (excludes halogenated alkanes) is 3. The lowest BCUT2D eigenvalue weighted by atomic mass is 9.76. The summed E-state index contributed by atoms with van der Waals surface area (Å²) in [4.78, 5) is 0. The van der Waals surface area contributed by atoms with Gasteiger partial charge < -0.3 is 9.47 Å². The van der Waals surface area contributed by atoms with Crippen LogP contribution in [-0.2, 0) is 6.42 Å². The van der Waals surface area contributed by atoms with Crippen molar-refractivity contribution in [2.24, 2.45) is 5.92 Å². The van der Waals surface area contributed by atoms with E-state index in [0.717, 1.165) is 18.8 Å². The Kier molecular flexibility index (Phi) is 8.67. The van der Waals surface area contributed by atoms with E-state index in [1.807, 2.05) is 31.2 Å². The van der Waals surface area contributed by atoms with E-state index < -0.39 is 17.8 Å². The third kappa shape index (κ3) is 6.16. The summed E-state index contributed by atoms with van der Waals surface area (Å²) in [6, 6.07) is 10.8. The molecule has 1 aliphatic carbocycles. The van der Waals surface area contributed by atoms with Crippen molar-refractivity contribution in [3.05, 3.63) is 58.9 Å². The van der Waals surface area contributed by atoms with Crippen molar-refractivity contribution in [2.75, 3.05) is 6.61 Å². The van der Waals surface area contributed by atoms with Gasteiger partial charge in [-0.3, -0.25) is 0 Å². The second-order valence-corrected chi connectivity index (χ2v) is 10.4. The maximum absolute atomic E-state index is 15.0. The molecule has 1 saturated carbocycles. The van der Waals surface area contributed by atoms with Crippen molar-refractivity contribution in [1.82, 2.24) is 0 Å². The smallest absolute Gasteiger partial charge is 0.405 e. The number of benzene rings is 2. The van der Waals surface area contributed by atoms with Gasteiger partial charge in [-0.2, -0.15) is 13.2 Å². The largest absolute Gasteiger partial charge is 0.490 e. The zero-order chi connectivity index (χ0) is 24.8. The summed E-state index contributed by atoms with van der Waals surface area (Å²) in [5, 5.41) is 0. The Bertz CT molecular complexity index is 949. The highest BCUT2D eigenvalue weighted by molar-refractivity contribution is 5.46. The molecule has 1 heterocycles. The summed E-state index contributed by atoms with van der Waals surface area (Å²) in [5.74, 6) is -1.05. The number of rotatable bonds is 10. The van der Waals surface area contributed by atoms with Crippen LogP contribution in [-0.4, -0.2) is 12.7 Å². The Balaban J connectivity index is 1.41. The molecule has 2 aliphatic rings. The molecular formula is C30H39F3O2. The molecule has 2 nitrogen and oxygen atoms in total. The minimum absolute atomic E-state index is 0.0245. The van der Waals surface area contributed by atoms with Crippen molar-refractivity contribution >= 4 is 0 Å². The van der Waals surface area contributed by atoms with Gasteiger partial charge in [-0.15, -0.1) is 0 Å². The molecule has 1 unspecified atom stereocenters. The van der Waals surface area contributed by atoms with Crippen LogP contribution in [0.3, 0.4) is 0 Å². The summed E-state index contributed by atoms with van der Waals surface area (Å²) in [5.41, 5.74) is 2.22. The Morgan fingerprint density at radius 3 is 2.26 bits per heavy atom. The third-order valence-electron chi connectivity index (χ3n) is 7.84. The molecule has 0 saturated heterocycles. The summed E-state index contributed by atoms with van der Waals surface area (Å²) in [7, 11) is 0. The van der Waals surface area contributed by atoms with E-state index in [4.69, 9.17) is 9.47 Å². The Hall–Kier alpha value is -2.17. The Morgan fingerprint density at radius 2 is 1.57 bits per heavy atom. The number of hydrogen-bond acceptors (Lipinski definition) is 2. The summed E-state index contributed by atoms with van der Waals surface area (Å²) >= 11 is 0. The van der Waals surface area contributed by atoms with Gasteiger partial charge in [-0.1, -0.05) is 76.3 Å². The van der Waals surface area contributed by atoms with Gasteiger partial charge in [0, 0.05) is 0 Å². The normalized spacial score (nSPS) is 23.4. The molecule has 1 fully saturated rings. The van der Waals surface area contributed by atoms with E-state index in [1.165, 1.54) is 63.0 Å². The Morgan fingerprint density at radius 1 is 0.886 bits per heavy atom. The molecule has 4 rings (SSSR count). The van der Waals surface area contributed by atoms with Gasteiger partial charge in [0.25, 0.3) is 0 Å². The van der Waals surface area contributed by atoms with Gasteiger partial charge >= 0.3 is 6.11 Å². The first kappa shape index (κ1) is 25.9. The molecule has 0 amide bonds. The molecule has 0 radical (unpaired) electrons. The fourth-order valence-corrected chi connectivity index (χ4v) is 5.61. The van der Waals surface area contributed by atoms with Crippen molar-refractivity contribution in [1.29, 1.82) is 0 Å². The number of ether oxygens (including phenoxy) is 2. The van der Waals surface area contributed by atoms with E-state index in [1.54, 1.807) is 6.07 Å². The number of hydrogen-bond donors (Lipinski definition) is 0. The second-order valence-electron chi connectivity index (χ2n) is 10.4. The van der Waals surface area contributed by atoms with Crippen LogP contribution in [0.25, 0.3) is 0 Å². The molecule has 5 heteroatoms. The van der Waals surface area contributed by atoms with Crippen LogP contribution in [0.4, 0.5) is 13.2 Å². The first-order valence-corrected chi connectivity index (χ1v) is 13.5. The molecule has 2 aromatic rings. The third-order valence-corrected chi connectivity index (χ3v) is 7.84. The molecule has 2 aromatic carbocycles. The summed E-state index contributed by atoms with van der Waals surface area (Å²) in [6.07, 6.45) is 8.34. The predicted octanol–water partition coefficient (Wildman–Crippen LogP) is 9.17. The van der Waals surface area contributed by atoms with Gasteiger partial charge in [0.1, 0.15) is 0 Å². The predicted molar refractivity (Wildman–Crippen MR) is 134 cm³/mol. The molecule has 192 valence electrons. The standard InChI is InChI=1S/C30H39F3O2/c1-3-5-7-8-21-9-11-22(12-10-21)23-13-15-24(16-14-23)26-20-25-17-18-27(34-19-6-4-2)28(31)29(25)35-30(26,32)33/h13-18,21-22,26H,3-12,19-20H2,1-2H3/t21-,22-,26?. The lowest BCUT2D eigenvalue weighted by Crippen LogP contribution is -2.38. The van der Waals surface area contributed by atoms with E-state index in [9.17, 15) is 4.39 Å². The van der Waals surface area contributed by atoms with Gasteiger partial charge in [-0.25, -0.2) is 0 Å². The highest BCUT2D eigenvalue weighted by Crippen LogP contribution is 2.47. The minimum atomic E-state index is -3.49. The number of fused-ring (bicyclic) bond motifs is 1. The first-order valence-electron chi connectivity index (χ1n) is 13.5. The summed E-state index contributed by atoms with van der Waals surface area (Å²) < 4.78 is 55.3. The monoisotopic (exact) mass is 488 g/mol. The maximum Gasteiger partial charge on any atom is 0.405 e. The van der Waals surface area contributed by atoms with E-state index in [-0.39, 0.29) is 17.9 Å². The number of alkyl halides is 2.